The second-order valence-corrected chi connectivity index (χ2v) is 7.34. The third-order valence-corrected chi connectivity index (χ3v) is 5.80. The molecule has 2 aromatic rings. The molecule has 2 fully saturated rings. The van der Waals surface area contributed by atoms with Crippen molar-refractivity contribution >= 4 is 5.91 Å². The molecule has 6 nitrogen and oxygen atoms in total. The Morgan fingerprint density at radius 3 is 2.77 bits per heavy atom. The molecule has 3 heterocycles. The average Bonchev–Trinajstić information content (AvgIpc) is 3.29. The van der Waals surface area contributed by atoms with E-state index in [0.29, 0.717) is 0 Å². The Bertz CT molecular complexity index is 773. The number of benzene rings is 1. The predicted octanol–water partition coefficient (Wildman–Crippen LogP) is 2.55. The van der Waals surface area contributed by atoms with E-state index in [1.807, 2.05) is 37.3 Å². The van der Waals surface area contributed by atoms with Crippen LogP contribution in [0.15, 0.2) is 34.9 Å². The first-order valence-electron chi connectivity index (χ1n) is 9.44. The lowest BCUT2D eigenvalue weighted by Gasteiger charge is -2.40. The van der Waals surface area contributed by atoms with Crippen LogP contribution in [0, 0.1) is 13.8 Å². The summed E-state index contributed by atoms with van der Waals surface area (Å²) in [5.41, 5.74) is 9.50. The number of amides is 1. The number of nitrogens with zero attached hydrogens (tertiary/aromatic N) is 2. The highest BCUT2D eigenvalue weighted by Gasteiger charge is 2.42. The zero-order chi connectivity index (χ0) is 18.1. The summed E-state index contributed by atoms with van der Waals surface area (Å²) in [5, 5.41) is 4.13. The molecule has 0 bridgehead atoms. The fourth-order valence-corrected chi connectivity index (χ4v) is 4.24. The Morgan fingerprint density at radius 2 is 2.04 bits per heavy atom. The SMILES string of the molecule is Cc1noc(C2CNNC2C2CCCCN2C(=O)c2ccccc2)c1C. The van der Waals surface area contributed by atoms with Gasteiger partial charge < -0.3 is 9.42 Å². The van der Waals surface area contributed by atoms with Crippen LogP contribution < -0.4 is 10.9 Å². The van der Waals surface area contributed by atoms with Gasteiger partial charge in [0.2, 0.25) is 0 Å². The maximum Gasteiger partial charge on any atom is 0.254 e. The molecule has 2 saturated heterocycles. The standard InChI is InChI=1S/C20H26N4O2/c1-13-14(2)23-26-19(13)16-12-21-22-18(16)17-10-6-7-11-24(17)20(25)15-8-4-3-5-9-15/h3-5,8-9,16-18,21-22H,6-7,10-12H2,1-2H3. The highest BCUT2D eigenvalue weighted by molar-refractivity contribution is 5.94. The maximum absolute atomic E-state index is 13.1. The van der Waals surface area contributed by atoms with E-state index in [-0.39, 0.29) is 23.9 Å². The first kappa shape index (κ1) is 17.2. The zero-order valence-electron chi connectivity index (χ0n) is 15.4. The zero-order valence-corrected chi connectivity index (χ0v) is 15.4. The van der Waals surface area contributed by atoms with Crippen LogP contribution in [0.3, 0.4) is 0 Å². The van der Waals surface area contributed by atoms with Gasteiger partial charge in [0.1, 0.15) is 5.76 Å². The van der Waals surface area contributed by atoms with Gasteiger partial charge in [0, 0.05) is 30.3 Å². The van der Waals surface area contributed by atoms with Gasteiger partial charge in [-0.15, -0.1) is 0 Å². The van der Waals surface area contributed by atoms with E-state index in [2.05, 4.69) is 27.8 Å². The normalized spacial score (nSPS) is 26.2. The first-order chi connectivity index (χ1) is 12.7. The van der Waals surface area contributed by atoms with Crippen LogP contribution in [-0.2, 0) is 0 Å². The smallest absolute Gasteiger partial charge is 0.254 e. The van der Waals surface area contributed by atoms with E-state index in [1.54, 1.807) is 0 Å². The molecule has 0 saturated carbocycles. The highest BCUT2D eigenvalue weighted by atomic mass is 16.5. The average molecular weight is 354 g/mol. The molecule has 0 spiro atoms. The summed E-state index contributed by atoms with van der Waals surface area (Å²) in [6, 6.07) is 9.84. The van der Waals surface area contributed by atoms with Crippen molar-refractivity contribution in [3.8, 4) is 0 Å². The van der Waals surface area contributed by atoms with Crippen LogP contribution >= 0.6 is 0 Å². The van der Waals surface area contributed by atoms with Gasteiger partial charge in [-0.2, -0.15) is 0 Å². The Balaban J connectivity index is 1.61. The number of likely N-dealkylation sites (tertiary alicyclic amines) is 1. The molecular weight excluding hydrogens is 328 g/mol. The van der Waals surface area contributed by atoms with Gasteiger partial charge in [-0.3, -0.25) is 15.6 Å². The van der Waals surface area contributed by atoms with E-state index in [1.165, 1.54) is 0 Å². The molecule has 2 aliphatic heterocycles. The second kappa shape index (κ2) is 7.21. The fourth-order valence-electron chi connectivity index (χ4n) is 4.24. The topological polar surface area (TPSA) is 70.4 Å². The van der Waals surface area contributed by atoms with Crippen LogP contribution in [0.2, 0.25) is 0 Å². The largest absolute Gasteiger partial charge is 0.360 e. The lowest BCUT2D eigenvalue weighted by atomic mass is 9.85. The molecule has 1 amide bonds. The van der Waals surface area contributed by atoms with Crippen molar-refractivity contribution in [2.24, 2.45) is 0 Å². The van der Waals surface area contributed by atoms with Gasteiger partial charge in [0.15, 0.2) is 0 Å². The molecule has 1 aromatic heterocycles. The third kappa shape index (κ3) is 3.04. The molecule has 6 heteroatoms. The Hall–Kier alpha value is -2.18. The molecule has 0 radical (unpaired) electrons. The van der Waals surface area contributed by atoms with Crippen LogP contribution in [-0.4, -0.2) is 41.1 Å². The lowest BCUT2D eigenvalue weighted by molar-refractivity contribution is 0.0545. The van der Waals surface area contributed by atoms with Crippen LogP contribution in [0.4, 0.5) is 0 Å². The van der Waals surface area contributed by atoms with Gasteiger partial charge in [0.25, 0.3) is 5.91 Å². The molecule has 0 aliphatic carbocycles. The highest BCUT2D eigenvalue weighted by Crippen LogP contribution is 2.33. The summed E-state index contributed by atoms with van der Waals surface area (Å²) in [6.45, 7) is 5.62. The summed E-state index contributed by atoms with van der Waals surface area (Å²) in [7, 11) is 0. The third-order valence-electron chi connectivity index (χ3n) is 5.80. The molecular formula is C20H26N4O2. The summed E-state index contributed by atoms with van der Waals surface area (Å²) >= 11 is 0. The number of hydrogen-bond acceptors (Lipinski definition) is 5. The van der Waals surface area contributed by atoms with Crippen molar-refractivity contribution in [2.45, 2.75) is 51.1 Å². The molecule has 2 N–H and O–H groups in total. The molecule has 26 heavy (non-hydrogen) atoms. The first-order valence-corrected chi connectivity index (χ1v) is 9.44. The lowest BCUT2D eigenvalue weighted by Crippen LogP contribution is -2.55. The molecule has 3 atom stereocenters. The maximum atomic E-state index is 13.1. The van der Waals surface area contributed by atoms with Gasteiger partial charge in [-0.1, -0.05) is 23.4 Å². The van der Waals surface area contributed by atoms with Crippen LogP contribution in [0.1, 0.15) is 52.6 Å². The fraction of sp³-hybridized carbons (Fsp3) is 0.500. The van der Waals surface area contributed by atoms with Crippen molar-refractivity contribution in [1.82, 2.24) is 20.9 Å². The molecule has 2 aliphatic rings. The van der Waals surface area contributed by atoms with Crippen molar-refractivity contribution < 1.29 is 9.32 Å². The number of rotatable bonds is 3. The quantitative estimate of drug-likeness (QED) is 0.886. The predicted molar refractivity (Wildman–Crippen MR) is 98.8 cm³/mol. The molecule has 3 unspecified atom stereocenters. The van der Waals surface area contributed by atoms with E-state index in [9.17, 15) is 4.79 Å². The number of nitrogens with one attached hydrogen (secondary N) is 2. The van der Waals surface area contributed by atoms with Crippen molar-refractivity contribution in [3.63, 3.8) is 0 Å². The minimum absolute atomic E-state index is 0.119. The molecule has 1 aromatic carbocycles. The number of piperidine rings is 1. The summed E-state index contributed by atoms with van der Waals surface area (Å²) in [5.74, 6) is 1.22. The number of aryl methyl sites for hydroxylation is 1. The number of hydrogen-bond donors (Lipinski definition) is 2. The number of aromatic nitrogens is 1. The monoisotopic (exact) mass is 354 g/mol. The van der Waals surface area contributed by atoms with E-state index < -0.39 is 0 Å². The summed E-state index contributed by atoms with van der Waals surface area (Å²) in [6.07, 6.45) is 3.20. The Morgan fingerprint density at radius 1 is 1.23 bits per heavy atom. The minimum atomic E-state index is 0.119. The number of hydrazine groups is 1. The van der Waals surface area contributed by atoms with Crippen molar-refractivity contribution in [1.29, 1.82) is 0 Å². The van der Waals surface area contributed by atoms with Crippen LogP contribution in [0.5, 0.6) is 0 Å². The van der Waals surface area contributed by atoms with E-state index in [0.717, 1.165) is 54.9 Å². The van der Waals surface area contributed by atoms with Gasteiger partial charge in [0.05, 0.1) is 17.7 Å². The second-order valence-electron chi connectivity index (χ2n) is 7.34. The summed E-state index contributed by atoms with van der Waals surface area (Å²) in [4.78, 5) is 15.2. The van der Waals surface area contributed by atoms with Crippen molar-refractivity contribution in [3.05, 3.63) is 52.9 Å². The molecule has 4 rings (SSSR count). The molecule has 138 valence electrons. The van der Waals surface area contributed by atoms with Crippen LogP contribution in [0.25, 0.3) is 0 Å². The van der Waals surface area contributed by atoms with Gasteiger partial charge in [-0.25, -0.2) is 0 Å². The number of carbonyl (C=O) groups excluding carboxylic acids is 1. The van der Waals surface area contributed by atoms with Crippen molar-refractivity contribution in [2.75, 3.05) is 13.1 Å². The summed E-state index contributed by atoms with van der Waals surface area (Å²) < 4.78 is 5.65. The number of carbonyl (C=O) groups is 1. The minimum Gasteiger partial charge on any atom is -0.360 e. The van der Waals surface area contributed by atoms with E-state index >= 15 is 0 Å². The van der Waals surface area contributed by atoms with E-state index in [4.69, 9.17) is 4.52 Å². The Kier molecular flexibility index (Phi) is 4.78. The Labute approximate surface area is 153 Å². The van der Waals surface area contributed by atoms with Gasteiger partial charge in [-0.05, 0) is 45.2 Å². The van der Waals surface area contributed by atoms with Gasteiger partial charge >= 0.3 is 0 Å².